The molecule has 1 heterocycles. The van der Waals surface area contributed by atoms with E-state index >= 15 is 0 Å². The standard InChI is InChI=1S/C6H11NO3/c8-4-6-3-7(5-9)1-2-10-6/h5-6,8H,1-4H2/t6-/m0/s1. The minimum Gasteiger partial charge on any atom is -0.394 e. The third kappa shape index (κ3) is 1.68. The summed E-state index contributed by atoms with van der Waals surface area (Å²) in [6.07, 6.45) is 0.601. The van der Waals surface area contributed by atoms with Gasteiger partial charge in [-0.3, -0.25) is 4.79 Å². The fourth-order valence-electron chi connectivity index (χ4n) is 0.948. The second kappa shape index (κ2) is 3.53. The normalized spacial score (nSPS) is 26.5. The Labute approximate surface area is 59.4 Å². The Hall–Kier alpha value is -0.610. The van der Waals surface area contributed by atoms with E-state index in [0.29, 0.717) is 19.7 Å². The Morgan fingerprint density at radius 1 is 1.80 bits per heavy atom. The second-order valence-corrected chi connectivity index (χ2v) is 2.28. The first-order valence-electron chi connectivity index (χ1n) is 3.28. The summed E-state index contributed by atoms with van der Waals surface area (Å²) in [6.45, 7) is 1.67. The molecule has 0 aromatic carbocycles. The number of carbonyl (C=O) groups is 1. The van der Waals surface area contributed by atoms with Gasteiger partial charge in [0.25, 0.3) is 0 Å². The van der Waals surface area contributed by atoms with E-state index in [9.17, 15) is 4.79 Å². The predicted octanol–water partition coefficient (Wildman–Crippen LogP) is -1.16. The first kappa shape index (κ1) is 7.50. The van der Waals surface area contributed by atoms with Crippen molar-refractivity contribution in [2.75, 3.05) is 26.3 Å². The van der Waals surface area contributed by atoms with Crippen LogP contribution in [0.1, 0.15) is 0 Å². The number of aliphatic hydroxyl groups excluding tert-OH is 1. The van der Waals surface area contributed by atoms with Gasteiger partial charge in [-0.25, -0.2) is 0 Å². The summed E-state index contributed by atoms with van der Waals surface area (Å²) < 4.78 is 5.11. The molecule has 4 heteroatoms. The number of nitrogens with zero attached hydrogens (tertiary/aromatic N) is 1. The predicted molar refractivity (Wildman–Crippen MR) is 34.5 cm³/mol. The van der Waals surface area contributed by atoms with Gasteiger partial charge >= 0.3 is 0 Å². The summed E-state index contributed by atoms with van der Waals surface area (Å²) in [6, 6.07) is 0. The van der Waals surface area contributed by atoms with Crippen molar-refractivity contribution in [2.45, 2.75) is 6.10 Å². The maximum atomic E-state index is 10.2. The van der Waals surface area contributed by atoms with E-state index in [1.807, 2.05) is 0 Å². The van der Waals surface area contributed by atoms with E-state index in [-0.39, 0.29) is 12.7 Å². The molecule has 1 saturated heterocycles. The summed E-state index contributed by atoms with van der Waals surface area (Å²) in [5.74, 6) is 0. The Balaban J connectivity index is 2.31. The van der Waals surface area contributed by atoms with Crippen LogP contribution >= 0.6 is 0 Å². The maximum Gasteiger partial charge on any atom is 0.209 e. The minimum atomic E-state index is -0.182. The van der Waals surface area contributed by atoms with Gasteiger partial charge in [0.2, 0.25) is 6.41 Å². The Morgan fingerprint density at radius 3 is 3.20 bits per heavy atom. The molecular formula is C6H11NO3. The number of ether oxygens (including phenoxy) is 1. The van der Waals surface area contributed by atoms with Crippen LogP contribution in [-0.4, -0.2) is 48.8 Å². The lowest BCUT2D eigenvalue weighted by Gasteiger charge is -2.28. The quantitative estimate of drug-likeness (QED) is 0.498. The lowest BCUT2D eigenvalue weighted by molar-refractivity contribution is -0.127. The molecule has 1 amide bonds. The van der Waals surface area contributed by atoms with Gasteiger partial charge in [0.15, 0.2) is 0 Å². The Morgan fingerprint density at radius 2 is 2.60 bits per heavy atom. The fraction of sp³-hybridized carbons (Fsp3) is 0.833. The van der Waals surface area contributed by atoms with Crippen LogP contribution in [0.3, 0.4) is 0 Å². The van der Waals surface area contributed by atoms with Crippen LogP contribution in [0.5, 0.6) is 0 Å². The molecule has 0 aromatic heterocycles. The van der Waals surface area contributed by atoms with Crippen molar-refractivity contribution in [2.24, 2.45) is 0 Å². The molecule has 58 valence electrons. The number of rotatable bonds is 2. The van der Waals surface area contributed by atoms with E-state index in [2.05, 4.69) is 0 Å². The van der Waals surface area contributed by atoms with Crippen LogP contribution in [0.2, 0.25) is 0 Å². The molecule has 0 saturated carbocycles. The Bertz CT molecular complexity index is 118. The molecule has 0 unspecified atom stereocenters. The third-order valence-electron chi connectivity index (χ3n) is 1.52. The van der Waals surface area contributed by atoms with Crippen molar-refractivity contribution >= 4 is 6.41 Å². The lowest BCUT2D eigenvalue weighted by Crippen LogP contribution is -2.43. The van der Waals surface area contributed by atoms with Crippen LogP contribution in [0.4, 0.5) is 0 Å². The lowest BCUT2D eigenvalue weighted by atomic mass is 10.3. The summed E-state index contributed by atoms with van der Waals surface area (Å²) >= 11 is 0. The van der Waals surface area contributed by atoms with Gasteiger partial charge in [0.05, 0.1) is 19.3 Å². The molecule has 0 aromatic rings. The fourth-order valence-corrected chi connectivity index (χ4v) is 0.948. The zero-order valence-electron chi connectivity index (χ0n) is 5.69. The third-order valence-corrected chi connectivity index (χ3v) is 1.52. The van der Waals surface area contributed by atoms with Crippen molar-refractivity contribution in [1.82, 2.24) is 4.90 Å². The monoisotopic (exact) mass is 145 g/mol. The smallest absolute Gasteiger partial charge is 0.209 e. The zero-order valence-corrected chi connectivity index (χ0v) is 5.69. The second-order valence-electron chi connectivity index (χ2n) is 2.28. The molecule has 4 nitrogen and oxygen atoms in total. The molecule has 1 atom stereocenters. The van der Waals surface area contributed by atoms with Crippen LogP contribution in [0, 0.1) is 0 Å². The van der Waals surface area contributed by atoms with Crippen molar-refractivity contribution < 1.29 is 14.6 Å². The van der Waals surface area contributed by atoms with E-state index in [0.717, 1.165) is 6.41 Å². The average Bonchev–Trinajstić information content (AvgIpc) is 2.05. The number of hydrogen-bond acceptors (Lipinski definition) is 3. The molecule has 1 rings (SSSR count). The SMILES string of the molecule is O=CN1CCO[C@H](CO)C1. The van der Waals surface area contributed by atoms with Gasteiger partial charge in [0.1, 0.15) is 0 Å². The van der Waals surface area contributed by atoms with Gasteiger partial charge in [-0.15, -0.1) is 0 Å². The highest BCUT2D eigenvalue weighted by molar-refractivity contribution is 5.47. The average molecular weight is 145 g/mol. The number of carbonyl (C=O) groups excluding carboxylic acids is 1. The molecule has 0 radical (unpaired) electrons. The van der Waals surface area contributed by atoms with Gasteiger partial charge in [-0.2, -0.15) is 0 Å². The molecule has 0 spiro atoms. The van der Waals surface area contributed by atoms with Crippen molar-refractivity contribution in [3.63, 3.8) is 0 Å². The molecule has 1 N–H and O–H groups in total. The summed E-state index contributed by atoms with van der Waals surface area (Å²) in [5, 5.41) is 8.64. The van der Waals surface area contributed by atoms with E-state index in [4.69, 9.17) is 9.84 Å². The minimum absolute atomic E-state index is 0.00958. The molecular weight excluding hydrogens is 134 g/mol. The van der Waals surface area contributed by atoms with E-state index < -0.39 is 0 Å². The van der Waals surface area contributed by atoms with Crippen molar-refractivity contribution in [1.29, 1.82) is 0 Å². The summed E-state index contributed by atoms with van der Waals surface area (Å²) in [5.41, 5.74) is 0. The number of morpholine rings is 1. The maximum absolute atomic E-state index is 10.2. The molecule has 0 aliphatic carbocycles. The van der Waals surface area contributed by atoms with Crippen LogP contribution in [-0.2, 0) is 9.53 Å². The van der Waals surface area contributed by atoms with Crippen molar-refractivity contribution in [3.05, 3.63) is 0 Å². The van der Waals surface area contributed by atoms with Crippen LogP contribution in [0.25, 0.3) is 0 Å². The molecule has 1 aliphatic heterocycles. The molecule has 1 fully saturated rings. The largest absolute Gasteiger partial charge is 0.394 e. The van der Waals surface area contributed by atoms with Crippen LogP contribution < -0.4 is 0 Å². The number of amides is 1. The molecule has 1 aliphatic rings. The Kier molecular flexibility index (Phi) is 2.65. The van der Waals surface area contributed by atoms with Gasteiger partial charge in [-0.05, 0) is 0 Å². The van der Waals surface area contributed by atoms with E-state index in [1.165, 1.54) is 0 Å². The zero-order chi connectivity index (χ0) is 7.40. The topological polar surface area (TPSA) is 49.8 Å². The van der Waals surface area contributed by atoms with Gasteiger partial charge in [0, 0.05) is 13.1 Å². The van der Waals surface area contributed by atoms with Crippen molar-refractivity contribution in [3.8, 4) is 0 Å². The highest BCUT2D eigenvalue weighted by atomic mass is 16.5. The van der Waals surface area contributed by atoms with Gasteiger partial charge in [-0.1, -0.05) is 0 Å². The molecule has 10 heavy (non-hydrogen) atoms. The number of aliphatic hydroxyl groups is 1. The molecule has 0 bridgehead atoms. The number of hydrogen-bond donors (Lipinski definition) is 1. The summed E-state index contributed by atoms with van der Waals surface area (Å²) in [4.78, 5) is 11.8. The highest BCUT2D eigenvalue weighted by Gasteiger charge is 2.17. The highest BCUT2D eigenvalue weighted by Crippen LogP contribution is 2.01. The first-order valence-corrected chi connectivity index (χ1v) is 3.28. The van der Waals surface area contributed by atoms with Crippen LogP contribution in [0.15, 0.2) is 0 Å². The first-order chi connectivity index (χ1) is 4.86. The van der Waals surface area contributed by atoms with Gasteiger partial charge < -0.3 is 14.7 Å². The summed E-state index contributed by atoms with van der Waals surface area (Å²) in [7, 11) is 0. The van der Waals surface area contributed by atoms with E-state index in [1.54, 1.807) is 4.90 Å².